The van der Waals surface area contributed by atoms with Gasteiger partial charge in [0.15, 0.2) is 17.3 Å². The molecule has 0 saturated heterocycles. The molecule has 1 amide bonds. The Balaban J connectivity index is 1.40. The van der Waals surface area contributed by atoms with Crippen LogP contribution in [0.4, 0.5) is 11.5 Å². The molecule has 0 aliphatic carbocycles. The Morgan fingerprint density at radius 1 is 1.19 bits per heavy atom. The highest BCUT2D eigenvalue weighted by atomic mass is 35.5. The Labute approximate surface area is 213 Å². The third-order valence-electron chi connectivity index (χ3n) is 5.67. The second-order valence-electron chi connectivity index (χ2n) is 8.18. The Bertz CT molecular complexity index is 1470. The summed E-state index contributed by atoms with van der Waals surface area (Å²) in [5.41, 5.74) is 4.78. The van der Waals surface area contributed by atoms with Crippen molar-refractivity contribution in [1.82, 2.24) is 20.1 Å². The SMILES string of the molecule is CCNC(=O)CN=Cc1cnc2c(Nc3cccc(-c4ccc5c(c4)OCCO5)c3Cl)nn(C)c2c1. The predicted molar refractivity (Wildman–Crippen MR) is 141 cm³/mol. The van der Waals surface area contributed by atoms with Crippen molar-refractivity contribution < 1.29 is 14.3 Å². The number of pyridine rings is 1. The summed E-state index contributed by atoms with van der Waals surface area (Å²) < 4.78 is 13.1. The molecule has 3 heterocycles. The van der Waals surface area contributed by atoms with E-state index in [0.717, 1.165) is 28.0 Å². The number of ether oxygens (including phenoxy) is 2. The fraction of sp³-hybridized carbons (Fsp3) is 0.231. The minimum atomic E-state index is -0.120. The number of rotatable bonds is 7. The highest BCUT2D eigenvalue weighted by Gasteiger charge is 2.17. The van der Waals surface area contributed by atoms with Crippen LogP contribution in [0, 0.1) is 0 Å². The van der Waals surface area contributed by atoms with Crippen molar-refractivity contribution in [3.8, 4) is 22.6 Å². The molecule has 0 atom stereocenters. The lowest BCUT2D eigenvalue weighted by molar-refractivity contribution is -0.119. The molecule has 0 unspecified atom stereocenters. The summed E-state index contributed by atoms with van der Waals surface area (Å²) >= 11 is 6.83. The van der Waals surface area contributed by atoms with Gasteiger partial charge in [0.05, 0.1) is 16.2 Å². The second kappa shape index (κ2) is 10.2. The molecule has 2 N–H and O–H groups in total. The molecule has 0 fully saturated rings. The highest BCUT2D eigenvalue weighted by molar-refractivity contribution is 6.36. The molecule has 1 aliphatic rings. The first kappa shape index (κ1) is 23.6. The zero-order valence-corrected chi connectivity index (χ0v) is 20.7. The zero-order valence-electron chi connectivity index (χ0n) is 19.9. The van der Waals surface area contributed by atoms with E-state index in [2.05, 4.69) is 25.7 Å². The molecule has 4 aromatic rings. The summed E-state index contributed by atoms with van der Waals surface area (Å²) in [5, 5.41) is 11.2. The first-order chi connectivity index (χ1) is 17.5. The smallest absolute Gasteiger partial charge is 0.241 e. The van der Waals surface area contributed by atoms with Gasteiger partial charge in [-0.15, -0.1) is 0 Å². The quantitative estimate of drug-likeness (QED) is 0.362. The van der Waals surface area contributed by atoms with Crippen LogP contribution in [0.5, 0.6) is 11.5 Å². The summed E-state index contributed by atoms with van der Waals surface area (Å²) in [6.07, 6.45) is 3.33. The van der Waals surface area contributed by atoms with Crippen molar-refractivity contribution >= 4 is 46.3 Å². The van der Waals surface area contributed by atoms with Crippen LogP contribution in [0.2, 0.25) is 5.02 Å². The molecule has 1 aliphatic heterocycles. The minimum Gasteiger partial charge on any atom is -0.486 e. The lowest BCUT2D eigenvalue weighted by Gasteiger charge is -2.19. The molecule has 0 bridgehead atoms. The van der Waals surface area contributed by atoms with Crippen molar-refractivity contribution in [2.45, 2.75) is 6.92 Å². The van der Waals surface area contributed by atoms with Crippen molar-refractivity contribution in [1.29, 1.82) is 0 Å². The fourth-order valence-corrected chi connectivity index (χ4v) is 4.26. The van der Waals surface area contributed by atoms with E-state index in [1.807, 2.05) is 56.4 Å². The normalized spacial score (nSPS) is 12.8. The average Bonchev–Trinajstić information content (AvgIpc) is 3.19. The molecule has 10 heteroatoms. The van der Waals surface area contributed by atoms with E-state index in [1.165, 1.54) is 0 Å². The Kier molecular flexibility index (Phi) is 6.73. The van der Waals surface area contributed by atoms with Gasteiger partial charge >= 0.3 is 0 Å². The van der Waals surface area contributed by atoms with Gasteiger partial charge in [-0.05, 0) is 36.8 Å². The molecule has 5 rings (SSSR count). The number of nitrogens with one attached hydrogen (secondary N) is 2. The van der Waals surface area contributed by atoms with E-state index in [-0.39, 0.29) is 12.5 Å². The van der Waals surface area contributed by atoms with Crippen molar-refractivity contribution in [2.24, 2.45) is 12.0 Å². The maximum atomic E-state index is 11.6. The van der Waals surface area contributed by atoms with Gasteiger partial charge in [0.2, 0.25) is 5.91 Å². The van der Waals surface area contributed by atoms with E-state index in [0.29, 0.717) is 47.6 Å². The maximum absolute atomic E-state index is 11.6. The van der Waals surface area contributed by atoms with Crippen LogP contribution >= 0.6 is 11.6 Å². The van der Waals surface area contributed by atoms with Crippen LogP contribution in [-0.2, 0) is 11.8 Å². The molecule has 0 radical (unpaired) electrons. The van der Waals surface area contributed by atoms with Gasteiger partial charge in [-0.1, -0.05) is 29.8 Å². The summed E-state index contributed by atoms with van der Waals surface area (Å²) in [5.74, 6) is 1.90. The zero-order chi connectivity index (χ0) is 25.1. The number of hydrogen-bond donors (Lipinski definition) is 2. The maximum Gasteiger partial charge on any atom is 0.241 e. The molecule has 2 aromatic heterocycles. The fourth-order valence-electron chi connectivity index (χ4n) is 3.98. The Hall–Kier alpha value is -4.11. The van der Waals surface area contributed by atoms with Gasteiger partial charge in [-0.3, -0.25) is 14.5 Å². The Morgan fingerprint density at radius 3 is 2.86 bits per heavy atom. The molecule has 0 saturated carbocycles. The minimum absolute atomic E-state index is 0.0717. The number of amides is 1. The monoisotopic (exact) mass is 504 g/mol. The number of carbonyl (C=O) groups excluding carboxylic acids is 1. The highest BCUT2D eigenvalue weighted by Crippen LogP contribution is 2.40. The number of anilines is 2. The van der Waals surface area contributed by atoms with Gasteiger partial charge < -0.3 is 20.1 Å². The van der Waals surface area contributed by atoms with Gasteiger partial charge in [-0.2, -0.15) is 5.10 Å². The molecule has 184 valence electrons. The number of halogens is 1. The largest absolute Gasteiger partial charge is 0.486 e. The van der Waals surface area contributed by atoms with E-state index in [1.54, 1.807) is 17.1 Å². The number of aliphatic imine (C=N–C) groups is 1. The van der Waals surface area contributed by atoms with Gasteiger partial charge in [0.1, 0.15) is 25.3 Å². The number of nitrogens with zero attached hydrogens (tertiary/aromatic N) is 4. The molecular weight excluding hydrogens is 480 g/mol. The lowest BCUT2D eigenvalue weighted by Crippen LogP contribution is -2.24. The van der Waals surface area contributed by atoms with Gasteiger partial charge in [-0.25, -0.2) is 4.98 Å². The van der Waals surface area contributed by atoms with E-state index >= 15 is 0 Å². The second-order valence-corrected chi connectivity index (χ2v) is 8.56. The van der Waals surface area contributed by atoms with Crippen molar-refractivity contribution in [2.75, 3.05) is 31.6 Å². The third-order valence-corrected chi connectivity index (χ3v) is 6.07. The molecule has 9 nitrogen and oxygen atoms in total. The third kappa shape index (κ3) is 4.83. The molecule has 2 aromatic carbocycles. The van der Waals surface area contributed by atoms with Crippen LogP contribution in [0.3, 0.4) is 0 Å². The number of fused-ring (bicyclic) bond motifs is 2. The van der Waals surface area contributed by atoms with Gasteiger partial charge in [0, 0.05) is 37.1 Å². The molecule has 36 heavy (non-hydrogen) atoms. The molecule has 0 spiro atoms. The summed E-state index contributed by atoms with van der Waals surface area (Å²) in [6.45, 7) is 3.59. The topological polar surface area (TPSA) is 103 Å². The summed E-state index contributed by atoms with van der Waals surface area (Å²) in [6, 6.07) is 13.5. The first-order valence-corrected chi connectivity index (χ1v) is 12.0. The van der Waals surface area contributed by atoms with Crippen LogP contribution in [-0.4, -0.2) is 53.2 Å². The predicted octanol–water partition coefficient (Wildman–Crippen LogP) is 4.36. The number of likely N-dealkylation sites (N-methyl/N-ethyl adjacent to an activating group) is 1. The average molecular weight is 505 g/mol. The first-order valence-electron chi connectivity index (χ1n) is 11.6. The van der Waals surface area contributed by atoms with Crippen LogP contribution in [0.1, 0.15) is 12.5 Å². The summed E-state index contributed by atoms with van der Waals surface area (Å²) in [4.78, 5) is 20.4. The van der Waals surface area contributed by atoms with E-state index in [4.69, 9.17) is 21.1 Å². The van der Waals surface area contributed by atoms with Crippen LogP contribution in [0.15, 0.2) is 53.7 Å². The van der Waals surface area contributed by atoms with E-state index < -0.39 is 0 Å². The van der Waals surface area contributed by atoms with Crippen molar-refractivity contribution in [3.05, 3.63) is 59.2 Å². The number of aryl methyl sites for hydroxylation is 1. The summed E-state index contributed by atoms with van der Waals surface area (Å²) in [7, 11) is 1.85. The number of benzene rings is 2. The number of hydrogen-bond acceptors (Lipinski definition) is 7. The van der Waals surface area contributed by atoms with Crippen LogP contribution in [0.25, 0.3) is 22.2 Å². The number of carbonyl (C=O) groups is 1. The van der Waals surface area contributed by atoms with Crippen LogP contribution < -0.4 is 20.1 Å². The van der Waals surface area contributed by atoms with Crippen molar-refractivity contribution in [3.63, 3.8) is 0 Å². The Morgan fingerprint density at radius 2 is 2.03 bits per heavy atom. The lowest BCUT2D eigenvalue weighted by atomic mass is 10.0. The molecular formula is C26H25ClN6O3. The standard InChI is InChI=1S/C26H25ClN6O3/c1-3-29-23(34)15-28-13-16-11-20-25(30-14-16)26(32-33(20)2)31-19-6-4-5-18(24(19)27)17-7-8-21-22(12-17)36-10-9-35-21/h4-8,11-14H,3,9-10,15H2,1-2H3,(H,29,34)(H,31,32). The number of aromatic nitrogens is 3. The van der Waals surface area contributed by atoms with E-state index in [9.17, 15) is 4.79 Å². The van der Waals surface area contributed by atoms with Gasteiger partial charge in [0.25, 0.3) is 0 Å².